The molecule has 0 amide bonds. The van der Waals surface area contributed by atoms with Crippen LogP contribution in [-0.4, -0.2) is 0 Å². The maximum atomic E-state index is 7.01. The molecule has 89 heavy (non-hydrogen) atoms. The van der Waals surface area contributed by atoms with E-state index in [1.165, 1.54) is 72.3 Å². The monoisotopic (exact) mass is 1340 g/mol. The summed E-state index contributed by atoms with van der Waals surface area (Å²) >= 11 is 49.2. The maximum absolute atomic E-state index is 7.01. The molecule has 0 saturated carbocycles. The number of hydrogen-bond donors (Lipinski definition) is 0. The molecule has 9 rings (SSSR count). The normalized spacial score (nSPS) is 12.1. The van der Waals surface area contributed by atoms with E-state index in [-0.39, 0.29) is 16.1 Å². The summed E-state index contributed by atoms with van der Waals surface area (Å²) in [5, 5.41) is -0.0120. The van der Waals surface area contributed by atoms with Crippen molar-refractivity contribution in [2.75, 3.05) is 0 Å². The van der Waals surface area contributed by atoms with Crippen LogP contribution in [0.5, 0.6) is 0 Å². The van der Waals surface area contributed by atoms with Gasteiger partial charge in [0.15, 0.2) is 0 Å². The predicted molar refractivity (Wildman–Crippen MR) is 395 cm³/mol. The second-order valence-corrected chi connectivity index (χ2v) is 25.5. The molecule has 0 nitrogen and oxygen atoms in total. The number of benzene rings is 9. The first kappa shape index (κ1) is 75.0. The molecule has 4 atom stereocenters. The second kappa shape index (κ2) is 43.2. The maximum Gasteiger partial charge on any atom is 0.0591 e. The van der Waals surface area contributed by atoms with E-state index in [1.54, 1.807) is 0 Å². The highest BCUT2D eigenvalue weighted by atomic mass is 35.5. The van der Waals surface area contributed by atoms with Gasteiger partial charge in [0, 0.05) is 29.4 Å². The molecule has 8 heteroatoms. The van der Waals surface area contributed by atoms with E-state index in [4.69, 9.17) is 92.8 Å². The Morgan fingerprint density at radius 1 is 0.236 bits per heavy atom. The molecule has 0 radical (unpaired) electrons. The van der Waals surface area contributed by atoms with Gasteiger partial charge in [0.2, 0.25) is 0 Å². The van der Waals surface area contributed by atoms with Gasteiger partial charge >= 0.3 is 0 Å². The summed E-state index contributed by atoms with van der Waals surface area (Å²) in [4.78, 5) is 0. The van der Waals surface area contributed by atoms with E-state index in [1.807, 2.05) is 12.1 Å². The van der Waals surface area contributed by atoms with E-state index in [0.29, 0.717) is 35.3 Å². The van der Waals surface area contributed by atoms with Crippen molar-refractivity contribution in [2.24, 2.45) is 0 Å². The van der Waals surface area contributed by atoms with Crippen molar-refractivity contribution >= 4 is 92.8 Å². The summed E-state index contributed by atoms with van der Waals surface area (Å²) in [7, 11) is 0. The molecule has 0 saturated heterocycles. The lowest BCUT2D eigenvalue weighted by Gasteiger charge is -2.22. The number of rotatable bonds is 25. The van der Waals surface area contributed by atoms with Gasteiger partial charge in [-0.05, 0) is 184 Å². The van der Waals surface area contributed by atoms with Crippen LogP contribution in [0.2, 0.25) is 0 Å². The van der Waals surface area contributed by atoms with E-state index in [9.17, 15) is 0 Å². The Balaban J connectivity index is 0.000000240. The number of alkyl halides is 8. The zero-order valence-electron chi connectivity index (χ0n) is 53.1. The van der Waals surface area contributed by atoms with E-state index in [2.05, 4.69) is 248 Å². The SMILES string of the molecule is CCc1ccc(C)cc1.CCc1ccc(CCC(CC(Cl)c2ccc(CCl)cc2)c2ccc(CCC(Cl)c3ccc(CCl)cc3)cc2)cc1.CCc1ccc(CCC(Cl)c2ccc(CCl)cc2)cc1.CCc1ccc(CCl)cc1.CCc1ccc(CCl)cc1. The molecule has 9 aromatic carbocycles. The second-order valence-electron chi connectivity index (χ2n) is 22.6. The lowest BCUT2D eigenvalue weighted by Crippen LogP contribution is -2.06. The summed E-state index contributed by atoms with van der Waals surface area (Å²) in [5.41, 5.74) is 22.9. The lowest BCUT2D eigenvalue weighted by molar-refractivity contribution is 0.567. The first-order valence-electron chi connectivity index (χ1n) is 31.7. The standard InChI is InChI=1S/C36H38Cl4.C18H20Cl2.2C9H11Cl.C9H12/c1-2-26-3-5-27(6-4-26)9-21-34(23-36(40)33-19-12-30(25-38)13-20-33)31-15-7-28(8-16-31)14-22-35(39)32-17-10-29(24-37)11-18-32;1-2-14-3-5-15(6-4-14)9-12-18(20)17-10-7-16(13-19)8-11-17;2*1-2-8-3-5-9(7-10)6-4-8;1-3-9-6-4-8(2)5-7-9/h3-8,10-13,15-20,34-36H,2,9,14,21-25H2,1H3;3-8,10-11,18H,2,9,12-13H2,1H3;2*3-6H,2,7H2,1H3;4-7H,3H2,1-2H3. The van der Waals surface area contributed by atoms with Crippen molar-refractivity contribution in [2.45, 2.75) is 170 Å². The average molecular weight is 1350 g/mol. The Morgan fingerprint density at radius 3 is 0.708 bits per heavy atom. The fraction of sp³-hybridized carbons (Fsp3) is 0.333. The molecule has 0 aliphatic carbocycles. The lowest BCUT2D eigenvalue weighted by atomic mass is 9.86. The van der Waals surface area contributed by atoms with E-state index >= 15 is 0 Å². The Bertz CT molecular complexity index is 3160. The Hall–Kier alpha value is -4.70. The van der Waals surface area contributed by atoms with Crippen LogP contribution in [0, 0.1) is 6.92 Å². The zero-order chi connectivity index (χ0) is 64.2. The highest BCUT2D eigenvalue weighted by Gasteiger charge is 2.19. The molecule has 0 heterocycles. The van der Waals surface area contributed by atoms with Crippen molar-refractivity contribution in [3.05, 3.63) is 319 Å². The topological polar surface area (TPSA) is 0 Å². The highest BCUT2D eigenvalue weighted by molar-refractivity contribution is 6.21. The molecule has 0 fully saturated rings. The highest BCUT2D eigenvalue weighted by Crippen LogP contribution is 2.37. The third-order valence-corrected chi connectivity index (χ3v) is 19.1. The molecular formula is C81H92Cl8. The first-order valence-corrected chi connectivity index (χ1v) is 35.7. The van der Waals surface area contributed by atoms with Crippen LogP contribution in [0.25, 0.3) is 0 Å². The zero-order valence-corrected chi connectivity index (χ0v) is 59.2. The third-order valence-electron chi connectivity index (χ3n) is 16.1. The van der Waals surface area contributed by atoms with Crippen LogP contribution >= 0.6 is 92.8 Å². The van der Waals surface area contributed by atoms with Crippen LogP contribution in [0.15, 0.2) is 218 Å². The molecule has 9 aromatic rings. The van der Waals surface area contributed by atoms with Crippen LogP contribution < -0.4 is 0 Å². The number of aryl methyl sites for hydroxylation is 9. The molecule has 0 N–H and O–H groups in total. The Kier molecular flexibility index (Phi) is 36.4. The summed E-state index contributed by atoms with van der Waals surface area (Å²) in [5.74, 6) is 3.18. The van der Waals surface area contributed by atoms with Gasteiger partial charge in [0.25, 0.3) is 0 Å². The minimum absolute atomic E-state index is 0.0157. The van der Waals surface area contributed by atoms with Gasteiger partial charge in [-0.1, -0.05) is 259 Å². The summed E-state index contributed by atoms with van der Waals surface area (Å²) in [6.45, 7) is 12.9. The van der Waals surface area contributed by atoms with Crippen molar-refractivity contribution in [1.29, 1.82) is 0 Å². The van der Waals surface area contributed by atoms with Crippen LogP contribution in [-0.2, 0) is 80.8 Å². The molecular weight excluding hydrogens is 1260 g/mol. The van der Waals surface area contributed by atoms with E-state index in [0.717, 1.165) is 105 Å². The van der Waals surface area contributed by atoms with Crippen molar-refractivity contribution in [1.82, 2.24) is 0 Å². The smallest absolute Gasteiger partial charge is 0.0591 e. The molecule has 0 aliphatic rings. The summed E-state index contributed by atoms with van der Waals surface area (Å²) < 4.78 is 0. The van der Waals surface area contributed by atoms with Gasteiger partial charge in [-0.2, -0.15) is 0 Å². The number of halogens is 8. The third kappa shape index (κ3) is 28.0. The quantitative estimate of drug-likeness (QED) is 0.0500. The largest absolute Gasteiger partial charge is 0.122 e. The average Bonchev–Trinajstić information content (AvgIpc) is 3.80. The van der Waals surface area contributed by atoms with Gasteiger partial charge in [-0.25, -0.2) is 0 Å². The molecule has 0 spiro atoms. The molecule has 472 valence electrons. The fourth-order valence-electron chi connectivity index (χ4n) is 9.91. The van der Waals surface area contributed by atoms with Gasteiger partial charge < -0.3 is 0 Å². The minimum atomic E-state index is -0.0567. The van der Waals surface area contributed by atoms with Gasteiger partial charge in [0.1, 0.15) is 0 Å². The molecule has 0 aliphatic heterocycles. The Labute approximate surface area is 576 Å². The van der Waals surface area contributed by atoms with Crippen molar-refractivity contribution in [3.63, 3.8) is 0 Å². The van der Waals surface area contributed by atoms with Crippen LogP contribution in [0.3, 0.4) is 0 Å². The van der Waals surface area contributed by atoms with Crippen molar-refractivity contribution < 1.29 is 0 Å². The van der Waals surface area contributed by atoms with E-state index < -0.39 is 0 Å². The summed E-state index contributed by atoms with van der Waals surface area (Å²) in [6.07, 6.45) is 12.2. The predicted octanol–water partition coefficient (Wildman–Crippen LogP) is 26.2. The van der Waals surface area contributed by atoms with Gasteiger partial charge in [-0.3, -0.25) is 0 Å². The number of hydrogen-bond acceptors (Lipinski definition) is 0. The van der Waals surface area contributed by atoms with Crippen molar-refractivity contribution in [3.8, 4) is 0 Å². The van der Waals surface area contributed by atoms with Gasteiger partial charge in [0.05, 0.1) is 16.1 Å². The summed E-state index contributed by atoms with van der Waals surface area (Å²) in [6, 6.07) is 77.3. The molecule has 0 aromatic heterocycles. The van der Waals surface area contributed by atoms with Crippen LogP contribution in [0.1, 0.15) is 182 Å². The Morgan fingerprint density at radius 2 is 0.438 bits per heavy atom. The van der Waals surface area contributed by atoms with Gasteiger partial charge in [-0.15, -0.1) is 92.8 Å². The molecule has 4 unspecified atom stereocenters. The first-order chi connectivity index (χ1) is 43.3. The van der Waals surface area contributed by atoms with Crippen LogP contribution in [0.4, 0.5) is 0 Å². The minimum Gasteiger partial charge on any atom is -0.122 e. The fourth-order valence-corrected chi connectivity index (χ4v) is 11.7. The molecule has 0 bridgehead atoms.